The van der Waals surface area contributed by atoms with E-state index in [0.717, 1.165) is 3.57 Å². The Balaban J connectivity index is 1.19. The number of rotatable bonds is 8. The fourth-order valence-electron chi connectivity index (χ4n) is 4.68. The summed E-state index contributed by atoms with van der Waals surface area (Å²) in [5.41, 5.74) is 2.03. The Hall–Kier alpha value is -4.62. The number of halogens is 1. The predicted molar refractivity (Wildman–Crippen MR) is 175 cm³/mol. The third-order valence-electron chi connectivity index (χ3n) is 6.80. The van der Waals surface area contributed by atoms with Crippen LogP contribution in [0.1, 0.15) is 22.3 Å². The molecule has 0 bridgehead atoms. The number of amides is 4. The lowest BCUT2D eigenvalue weighted by atomic mass is 10.1. The highest BCUT2D eigenvalue weighted by Crippen LogP contribution is 2.35. The van der Waals surface area contributed by atoms with Gasteiger partial charge < -0.3 is 20.1 Å². The van der Waals surface area contributed by atoms with Gasteiger partial charge in [-0.2, -0.15) is 0 Å². The van der Waals surface area contributed by atoms with Crippen molar-refractivity contribution in [3.8, 4) is 11.5 Å². The fraction of sp³-hybridized carbons (Fsp3) is 0.0909. The minimum Gasteiger partial charge on any atom is -0.454 e. The second-order valence-corrected chi connectivity index (χ2v) is 12.3. The molecule has 9 nitrogen and oxygen atoms in total. The second kappa shape index (κ2) is 12.9. The summed E-state index contributed by atoms with van der Waals surface area (Å²) in [6.07, 6.45) is 1.62. The van der Waals surface area contributed by atoms with Gasteiger partial charge in [-0.3, -0.25) is 19.2 Å². The van der Waals surface area contributed by atoms with Crippen LogP contribution < -0.4 is 25.0 Å². The summed E-state index contributed by atoms with van der Waals surface area (Å²) in [7, 11) is 0. The van der Waals surface area contributed by atoms with Crippen LogP contribution in [0.15, 0.2) is 108 Å². The van der Waals surface area contributed by atoms with Crippen molar-refractivity contribution in [2.24, 2.45) is 0 Å². The highest BCUT2D eigenvalue weighted by atomic mass is 127. The molecular weight excluding hydrogens is 693 g/mol. The molecule has 0 aliphatic carbocycles. The van der Waals surface area contributed by atoms with Crippen molar-refractivity contribution in [3.63, 3.8) is 0 Å². The monoisotopic (exact) mass is 717 g/mol. The van der Waals surface area contributed by atoms with Gasteiger partial charge in [-0.05, 0) is 101 Å². The van der Waals surface area contributed by atoms with Crippen LogP contribution in [0.4, 0.5) is 11.4 Å². The molecule has 4 aromatic rings. The molecule has 2 aliphatic rings. The van der Waals surface area contributed by atoms with E-state index in [0.29, 0.717) is 38.9 Å². The van der Waals surface area contributed by atoms with Gasteiger partial charge in [0.05, 0.1) is 10.9 Å². The van der Waals surface area contributed by atoms with E-state index in [-0.39, 0.29) is 30.7 Å². The van der Waals surface area contributed by atoms with E-state index in [1.165, 1.54) is 16.7 Å². The molecule has 0 aromatic heterocycles. The van der Waals surface area contributed by atoms with Crippen molar-refractivity contribution in [1.82, 2.24) is 5.32 Å². The van der Waals surface area contributed by atoms with Gasteiger partial charge in [-0.15, -0.1) is 11.8 Å². The van der Waals surface area contributed by atoms with Crippen molar-refractivity contribution in [1.29, 1.82) is 0 Å². The van der Waals surface area contributed by atoms with E-state index in [1.807, 2.05) is 18.2 Å². The van der Waals surface area contributed by atoms with Gasteiger partial charge in [0.1, 0.15) is 5.70 Å². The van der Waals surface area contributed by atoms with E-state index in [9.17, 15) is 19.2 Å². The number of ether oxygens (including phenoxy) is 2. The van der Waals surface area contributed by atoms with Crippen molar-refractivity contribution in [2.75, 3.05) is 17.0 Å². The lowest BCUT2D eigenvalue weighted by Crippen LogP contribution is -2.31. The van der Waals surface area contributed by atoms with E-state index >= 15 is 0 Å². The van der Waals surface area contributed by atoms with Gasteiger partial charge in [0.15, 0.2) is 11.5 Å². The van der Waals surface area contributed by atoms with Crippen molar-refractivity contribution in [3.05, 3.63) is 117 Å². The summed E-state index contributed by atoms with van der Waals surface area (Å²) < 4.78 is 11.8. The molecule has 4 aromatic carbocycles. The van der Waals surface area contributed by atoms with Gasteiger partial charge >= 0.3 is 0 Å². The molecule has 0 spiro atoms. The van der Waals surface area contributed by atoms with Crippen LogP contribution in [0.2, 0.25) is 0 Å². The SMILES string of the molecule is O=C(Nc1cccc(S[C@H]2CC(=O)N(c3ccc(I)cc3)C2=O)c1)/C(=C/c1ccc2c(c1)OCO2)NC(=O)c1ccccc1. The Morgan fingerprint density at radius 1 is 0.886 bits per heavy atom. The number of carbonyl (C=O) groups is 4. The molecular formula is C33H24IN3O6S. The topological polar surface area (TPSA) is 114 Å². The van der Waals surface area contributed by atoms with E-state index < -0.39 is 17.1 Å². The Kier molecular flexibility index (Phi) is 8.66. The number of fused-ring (bicyclic) bond motifs is 1. The number of hydrogen-bond acceptors (Lipinski definition) is 7. The number of hydrogen-bond donors (Lipinski definition) is 2. The number of thioether (sulfide) groups is 1. The Morgan fingerprint density at radius 3 is 2.45 bits per heavy atom. The number of nitrogens with one attached hydrogen (secondary N) is 2. The van der Waals surface area contributed by atoms with Crippen LogP contribution in [0, 0.1) is 3.57 Å². The largest absolute Gasteiger partial charge is 0.454 e. The molecule has 0 saturated carbocycles. The zero-order valence-corrected chi connectivity index (χ0v) is 26.0. The maximum atomic E-state index is 13.5. The first-order valence-corrected chi connectivity index (χ1v) is 15.5. The molecule has 0 radical (unpaired) electrons. The van der Waals surface area contributed by atoms with Gasteiger partial charge in [0.2, 0.25) is 18.6 Å². The van der Waals surface area contributed by atoms with Crippen LogP contribution in [0.5, 0.6) is 11.5 Å². The standard InChI is InChI=1S/C33H24IN3O6S/c34-22-10-12-24(13-11-22)37-30(38)18-29(33(37)41)44-25-8-4-7-23(17-25)35-32(40)26(36-31(39)21-5-2-1-3-6-21)15-20-9-14-27-28(16-20)43-19-42-27/h1-17,29H,18-19H2,(H,35,40)(H,36,39)/b26-15-/t29-/m0/s1. The summed E-state index contributed by atoms with van der Waals surface area (Å²) in [6, 6.07) is 28.0. The number of anilines is 2. The highest BCUT2D eigenvalue weighted by Gasteiger charge is 2.40. The summed E-state index contributed by atoms with van der Waals surface area (Å²) in [4.78, 5) is 54.4. The third-order valence-corrected chi connectivity index (χ3v) is 8.69. The lowest BCUT2D eigenvalue weighted by molar-refractivity contribution is -0.121. The van der Waals surface area contributed by atoms with Gasteiger partial charge in [0.25, 0.3) is 11.8 Å². The van der Waals surface area contributed by atoms with Crippen molar-refractivity contribution < 1.29 is 28.7 Å². The first kappa shape index (κ1) is 29.5. The van der Waals surface area contributed by atoms with Crippen LogP contribution in [0.25, 0.3) is 6.08 Å². The molecule has 220 valence electrons. The molecule has 2 heterocycles. The van der Waals surface area contributed by atoms with Gasteiger partial charge in [0, 0.05) is 26.1 Å². The average Bonchev–Trinajstić information content (AvgIpc) is 3.60. The maximum Gasteiger partial charge on any atom is 0.272 e. The van der Waals surface area contributed by atoms with E-state index in [1.54, 1.807) is 84.9 Å². The second-order valence-electron chi connectivity index (χ2n) is 9.83. The van der Waals surface area contributed by atoms with Crippen molar-refractivity contribution in [2.45, 2.75) is 16.6 Å². The Morgan fingerprint density at radius 2 is 1.66 bits per heavy atom. The van der Waals surface area contributed by atoms with Crippen LogP contribution >= 0.6 is 34.4 Å². The molecule has 11 heteroatoms. The average molecular weight is 718 g/mol. The molecule has 4 amide bonds. The third kappa shape index (κ3) is 6.63. The molecule has 2 aliphatic heterocycles. The highest BCUT2D eigenvalue weighted by molar-refractivity contribution is 14.1. The summed E-state index contributed by atoms with van der Waals surface area (Å²) in [5.74, 6) is -0.401. The number of nitrogens with zero attached hydrogens (tertiary/aromatic N) is 1. The summed E-state index contributed by atoms with van der Waals surface area (Å²) in [6.45, 7) is 0.110. The smallest absolute Gasteiger partial charge is 0.272 e. The maximum absolute atomic E-state index is 13.5. The van der Waals surface area contributed by atoms with Crippen molar-refractivity contribution >= 4 is 75.4 Å². The van der Waals surface area contributed by atoms with E-state index in [2.05, 4.69) is 33.2 Å². The summed E-state index contributed by atoms with van der Waals surface area (Å²) in [5, 5.41) is 4.97. The number of imide groups is 1. The quantitative estimate of drug-likeness (QED) is 0.134. The zero-order valence-electron chi connectivity index (χ0n) is 23.0. The minimum absolute atomic E-state index is 0.0144. The molecule has 44 heavy (non-hydrogen) atoms. The number of carbonyl (C=O) groups excluding carboxylic acids is 4. The number of benzene rings is 4. The molecule has 6 rings (SSSR count). The van der Waals surface area contributed by atoms with Crippen LogP contribution in [-0.4, -0.2) is 35.7 Å². The first-order chi connectivity index (χ1) is 21.3. The molecule has 1 atom stereocenters. The van der Waals surface area contributed by atoms with E-state index in [4.69, 9.17) is 9.47 Å². The molecule has 0 unspecified atom stereocenters. The first-order valence-electron chi connectivity index (χ1n) is 13.5. The van der Waals surface area contributed by atoms with Gasteiger partial charge in [-0.1, -0.05) is 30.3 Å². The Labute approximate surface area is 270 Å². The van der Waals surface area contributed by atoms with Crippen LogP contribution in [-0.2, 0) is 14.4 Å². The zero-order chi connectivity index (χ0) is 30.6. The molecule has 1 fully saturated rings. The lowest BCUT2D eigenvalue weighted by Gasteiger charge is -2.15. The normalized spacial score (nSPS) is 15.8. The molecule has 2 N–H and O–H groups in total. The van der Waals surface area contributed by atoms with Crippen LogP contribution in [0.3, 0.4) is 0 Å². The predicted octanol–water partition coefficient (Wildman–Crippen LogP) is 5.85. The molecule has 1 saturated heterocycles. The Bertz CT molecular complexity index is 1800. The minimum atomic E-state index is -0.598. The fourth-order valence-corrected chi connectivity index (χ4v) is 6.15. The van der Waals surface area contributed by atoms with Gasteiger partial charge in [-0.25, -0.2) is 4.90 Å². The summed E-state index contributed by atoms with van der Waals surface area (Å²) >= 11 is 3.43.